The number of carbonyl (C=O) groups excluding carboxylic acids is 11. The van der Waals surface area contributed by atoms with Crippen LogP contribution < -0.4 is 65.1 Å². The maximum absolute atomic E-state index is 14.5. The van der Waals surface area contributed by atoms with Gasteiger partial charge < -0.3 is 85.1 Å². The molecular weight excluding hydrogens is 1130 g/mol. The highest BCUT2D eigenvalue weighted by atomic mass is 16.3. The number of aliphatic hydroxyl groups excluding tert-OH is 1. The molecule has 4 aromatic rings. The number of nitrogens with one attached hydrogen (secondary N) is 10. The molecule has 18 N–H and O–H groups in total. The Kier molecular flexibility index (Phi) is 24.5. The second-order valence-corrected chi connectivity index (χ2v) is 22.0. The number of nitrogens with two attached hydrogens (primary N) is 3. The Morgan fingerprint density at radius 3 is 1.86 bits per heavy atom. The molecule has 2 aliphatic rings. The van der Waals surface area contributed by atoms with E-state index >= 15 is 0 Å². The number of amides is 11. The molecule has 9 unspecified atom stereocenters. The smallest absolute Gasteiger partial charge is 0.245 e. The number of hydrogen-bond acceptors (Lipinski definition) is 14. The van der Waals surface area contributed by atoms with Gasteiger partial charge in [0.1, 0.15) is 60.1 Å². The zero-order valence-corrected chi connectivity index (χ0v) is 48.8. The molecule has 6 rings (SSSR count). The summed E-state index contributed by atoms with van der Waals surface area (Å²) in [4.78, 5) is 158. The molecule has 0 spiro atoms. The Hall–Kier alpha value is -9.60. The third kappa shape index (κ3) is 20.0. The average Bonchev–Trinajstić information content (AvgIpc) is 3.53. The second-order valence-electron chi connectivity index (χ2n) is 22.0. The molecule has 28 heteroatoms. The molecule has 3 aromatic carbocycles. The largest absolute Gasteiger partial charge is 0.508 e. The zero-order chi connectivity index (χ0) is 63.3. The van der Waals surface area contributed by atoms with Crippen LogP contribution in [0.2, 0.25) is 0 Å². The average molecular weight is 1210 g/mol. The first-order valence-corrected chi connectivity index (χ1v) is 28.8. The number of aromatic nitrogens is 1. The first-order chi connectivity index (χ1) is 41.5. The molecule has 3 heterocycles. The van der Waals surface area contributed by atoms with Crippen LogP contribution in [0, 0.1) is 5.92 Å². The number of carbonyl (C=O) groups is 11. The number of guanidine groups is 1. The van der Waals surface area contributed by atoms with Gasteiger partial charge in [-0.2, -0.15) is 0 Å². The summed E-state index contributed by atoms with van der Waals surface area (Å²) in [6.45, 7) is 3.70. The summed E-state index contributed by atoms with van der Waals surface area (Å²) in [6, 6.07) is 9.87. The number of H-pyrrole nitrogens is 1. The van der Waals surface area contributed by atoms with E-state index in [9.17, 15) is 63.0 Å². The van der Waals surface area contributed by atoms with Crippen molar-refractivity contribution in [2.24, 2.45) is 28.1 Å². The molecule has 0 bridgehead atoms. The Labute approximate surface area is 502 Å². The molecule has 2 aliphatic heterocycles. The quantitative estimate of drug-likeness (QED) is 0.0138. The lowest BCUT2D eigenvalue weighted by atomic mass is 10.0. The van der Waals surface area contributed by atoms with Gasteiger partial charge in [-0.1, -0.05) is 74.5 Å². The van der Waals surface area contributed by atoms with Gasteiger partial charge >= 0.3 is 0 Å². The molecule has 468 valence electrons. The number of aromatic hydroxyl groups is 1. The summed E-state index contributed by atoms with van der Waals surface area (Å²) in [5, 5.41) is 45.0. The molecule has 0 aliphatic carbocycles. The van der Waals surface area contributed by atoms with Gasteiger partial charge in [0.25, 0.3) is 0 Å². The number of fused-ring (bicyclic) bond motifs is 1. The monoisotopic (exact) mass is 1210 g/mol. The minimum Gasteiger partial charge on any atom is -0.508 e. The van der Waals surface area contributed by atoms with Gasteiger partial charge in [-0.3, -0.25) is 57.7 Å². The van der Waals surface area contributed by atoms with E-state index in [-0.39, 0.29) is 94.4 Å². The summed E-state index contributed by atoms with van der Waals surface area (Å²) < 4.78 is 0. The fraction of sp³-hybridized carbons (Fsp3) is 0.458. The number of aromatic amines is 1. The molecule has 0 radical (unpaired) electrons. The number of likely N-dealkylation sites (tertiary alicyclic amines) is 1. The molecule has 28 nitrogen and oxygen atoms in total. The first-order valence-electron chi connectivity index (χ1n) is 28.8. The number of benzene rings is 3. The molecule has 2 fully saturated rings. The standard InChI is InChI=1S/C59H79N15O13/c1-32(2)25-42(53(82)68-41(15-9-23-63-59(61)62)58(87)74-24-10-16-47(74)57(86)65-30-48(60)77)69-50(79)33(3)66-52(81)43(27-35-17-19-37(76)20-18-35)71-56(85)46(31-75)73-55(84)45(28-36-29-64-39-14-8-7-13-38(36)39)72-54(83)44(26-34-11-5-4-6-12-34)70-51(80)40-21-22-49(78)67-40/h4-8,11-14,17-20,29,32-33,40-47,64,75-76H,9-10,15-16,21-28,30-31H2,1-3H3,(H2,60,77)(H,65,86)(H,66,81)(H,67,78)(H,68,82)(H,69,79)(H,70,80)(H,71,85)(H,72,83)(H,73,84)(H4,61,62,63). The molecule has 2 saturated heterocycles. The molecule has 0 saturated carbocycles. The van der Waals surface area contributed by atoms with Crippen molar-refractivity contribution in [3.05, 3.63) is 102 Å². The van der Waals surface area contributed by atoms with E-state index in [1.165, 1.54) is 36.1 Å². The first kappa shape index (κ1) is 66.5. The van der Waals surface area contributed by atoms with Crippen molar-refractivity contribution in [2.75, 3.05) is 26.2 Å². The molecule has 87 heavy (non-hydrogen) atoms. The fourth-order valence-electron chi connectivity index (χ4n) is 10.2. The van der Waals surface area contributed by atoms with E-state index in [0.717, 1.165) is 5.52 Å². The van der Waals surface area contributed by atoms with Crippen molar-refractivity contribution in [3.63, 3.8) is 0 Å². The van der Waals surface area contributed by atoms with Crippen molar-refractivity contribution in [2.45, 2.75) is 139 Å². The van der Waals surface area contributed by atoms with Gasteiger partial charge in [0.2, 0.25) is 65.0 Å². The number of rotatable bonds is 31. The van der Waals surface area contributed by atoms with Crippen LogP contribution in [-0.4, -0.2) is 172 Å². The summed E-state index contributed by atoms with van der Waals surface area (Å²) in [7, 11) is 0. The van der Waals surface area contributed by atoms with Gasteiger partial charge in [-0.05, 0) is 86.3 Å². The number of phenolic OH excluding ortho intramolecular Hbond substituents is 1. The predicted molar refractivity (Wildman–Crippen MR) is 318 cm³/mol. The maximum atomic E-state index is 14.5. The van der Waals surface area contributed by atoms with Crippen LogP contribution in [0.5, 0.6) is 5.75 Å². The van der Waals surface area contributed by atoms with Crippen LogP contribution in [0.25, 0.3) is 10.9 Å². The third-order valence-corrected chi connectivity index (χ3v) is 14.7. The highest BCUT2D eigenvalue weighted by molar-refractivity contribution is 5.99. The highest BCUT2D eigenvalue weighted by Crippen LogP contribution is 2.22. The number of phenols is 1. The van der Waals surface area contributed by atoms with Crippen LogP contribution in [0.15, 0.2) is 90.1 Å². The Morgan fingerprint density at radius 2 is 1.23 bits per heavy atom. The van der Waals surface area contributed by atoms with Gasteiger partial charge in [0, 0.05) is 55.9 Å². The second kappa shape index (κ2) is 32.1. The third-order valence-electron chi connectivity index (χ3n) is 14.7. The van der Waals surface area contributed by atoms with Crippen LogP contribution in [-0.2, 0) is 72.0 Å². The summed E-state index contributed by atoms with van der Waals surface area (Å²) >= 11 is 0. The molecule has 11 amide bonds. The van der Waals surface area contributed by atoms with Gasteiger partial charge in [0.15, 0.2) is 5.96 Å². The summed E-state index contributed by atoms with van der Waals surface area (Å²) in [5.41, 5.74) is 18.6. The maximum Gasteiger partial charge on any atom is 0.245 e. The Balaban J connectivity index is 1.18. The molecule has 1 aromatic heterocycles. The SMILES string of the molecule is CC(C)CC(NC(=O)C(C)NC(=O)C(Cc1ccc(O)cc1)NC(=O)C(CO)NC(=O)C(Cc1c[nH]c2ccccc12)NC(=O)C(Cc1ccccc1)NC(=O)C1CCC(=O)N1)C(=O)NC(CCCN=C(N)N)C(=O)N1CCCC1C(=O)NCC(N)=O. The summed E-state index contributed by atoms with van der Waals surface area (Å²) in [6.07, 6.45) is 2.56. The van der Waals surface area contributed by atoms with Crippen LogP contribution in [0.3, 0.4) is 0 Å². The highest BCUT2D eigenvalue weighted by Gasteiger charge is 2.40. The van der Waals surface area contributed by atoms with Crippen molar-refractivity contribution in [1.29, 1.82) is 0 Å². The van der Waals surface area contributed by atoms with Crippen molar-refractivity contribution >= 4 is 81.8 Å². The van der Waals surface area contributed by atoms with Crippen LogP contribution in [0.1, 0.15) is 82.4 Å². The minimum absolute atomic E-state index is 0.0139. The summed E-state index contributed by atoms with van der Waals surface area (Å²) in [5.74, 6) is -8.75. The van der Waals surface area contributed by atoms with E-state index in [2.05, 4.69) is 57.8 Å². The number of nitrogens with zero attached hydrogens (tertiary/aromatic N) is 2. The normalized spacial score (nSPS) is 17.0. The van der Waals surface area contributed by atoms with Crippen molar-refractivity contribution < 1.29 is 63.0 Å². The number of hydrogen-bond donors (Lipinski definition) is 15. The van der Waals surface area contributed by atoms with Crippen LogP contribution in [0.4, 0.5) is 0 Å². The van der Waals surface area contributed by atoms with Gasteiger partial charge in [0.05, 0.1) is 13.2 Å². The lowest BCUT2D eigenvalue weighted by Gasteiger charge is -2.30. The van der Waals surface area contributed by atoms with E-state index in [1.807, 2.05) is 6.07 Å². The van der Waals surface area contributed by atoms with E-state index < -0.39 is 127 Å². The topological polar surface area (TPSA) is 446 Å². The van der Waals surface area contributed by atoms with E-state index in [4.69, 9.17) is 17.2 Å². The van der Waals surface area contributed by atoms with Crippen LogP contribution >= 0.6 is 0 Å². The fourth-order valence-corrected chi connectivity index (χ4v) is 10.2. The number of aliphatic imine (C=N–C) groups is 1. The minimum atomic E-state index is -1.76. The van der Waals surface area contributed by atoms with Gasteiger partial charge in [-0.15, -0.1) is 0 Å². The molecule has 9 atom stereocenters. The lowest BCUT2D eigenvalue weighted by Crippen LogP contribution is -2.61. The van der Waals surface area contributed by atoms with Gasteiger partial charge in [-0.25, -0.2) is 0 Å². The van der Waals surface area contributed by atoms with Crippen molar-refractivity contribution in [3.8, 4) is 5.75 Å². The van der Waals surface area contributed by atoms with Crippen molar-refractivity contribution in [1.82, 2.24) is 57.7 Å². The Bertz CT molecular complexity index is 3130. The Morgan fingerprint density at radius 1 is 0.655 bits per heavy atom. The van der Waals surface area contributed by atoms with E-state index in [0.29, 0.717) is 28.5 Å². The zero-order valence-electron chi connectivity index (χ0n) is 48.8. The number of aliphatic hydroxyl groups is 1. The van der Waals surface area contributed by atoms with E-state index in [1.54, 1.807) is 68.6 Å². The lowest BCUT2D eigenvalue weighted by molar-refractivity contribution is -0.142. The number of para-hydroxylation sites is 1. The molecular formula is C59H79N15O13. The number of primary amides is 1. The predicted octanol–water partition coefficient (Wildman–Crippen LogP) is -2.72.